The van der Waals surface area contributed by atoms with Crippen LogP contribution in [0, 0.1) is 26.2 Å². The van der Waals surface area contributed by atoms with Gasteiger partial charge in [0, 0.05) is 23.3 Å². The first-order valence-electron chi connectivity index (χ1n) is 10.5. The lowest BCUT2D eigenvalue weighted by Crippen LogP contribution is -2.34. The van der Waals surface area contributed by atoms with E-state index in [0.717, 1.165) is 52.0 Å². The van der Waals surface area contributed by atoms with E-state index in [-0.39, 0.29) is 17.1 Å². The van der Waals surface area contributed by atoms with Crippen molar-refractivity contribution >= 4 is 11.6 Å². The molecule has 0 fully saturated rings. The number of hydrogen-bond acceptors (Lipinski definition) is 4. The van der Waals surface area contributed by atoms with Crippen LogP contribution >= 0.6 is 0 Å². The Morgan fingerprint density at radius 1 is 1.07 bits per heavy atom. The Kier molecular flexibility index (Phi) is 4.07. The molecule has 0 saturated heterocycles. The van der Waals surface area contributed by atoms with Gasteiger partial charge in [-0.1, -0.05) is 31.5 Å². The molecule has 0 amide bonds. The van der Waals surface area contributed by atoms with E-state index in [1.165, 1.54) is 5.56 Å². The molecule has 0 unspecified atom stereocenters. The van der Waals surface area contributed by atoms with Crippen LogP contribution in [-0.4, -0.2) is 15.6 Å². The minimum Gasteiger partial charge on any atom is -0.465 e. The highest BCUT2D eigenvalue weighted by atomic mass is 16.3. The van der Waals surface area contributed by atoms with Crippen molar-refractivity contribution in [1.82, 2.24) is 9.78 Å². The summed E-state index contributed by atoms with van der Waals surface area (Å²) < 4.78 is 8.02. The molecule has 5 heteroatoms. The van der Waals surface area contributed by atoms with E-state index in [9.17, 15) is 4.79 Å². The summed E-state index contributed by atoms with van der Waals surface area (Å²) in [6.45, 7) is 10.3. The minimum atomic E-state index is -0.229. The lowest BCUT2D eigenvalue weighted by molar-refractivity contribution is -0.118. The van der Waals surface area contributed by atoms with Gasteiger partial charge in [0.2, 0.25) is 0 Å². The highest BCUT2D eigenvalue weighted by molar-refractivity contribution is 6.01. The summed E-state index contributed by atoms with van der Waals surface area (Å²) in [5.41, 5.74) is 5.89. The van der Waals surface area contributed by atoms with Crippen LogP contribution in [0.1, 0.15) is 60.9 Å². The lowest BCUT2D eigenvalue weighted by Gasteiger charge is -2.38. The molecule has 2 aliphatic rings. The Morgan fingerprint density at radius 3 is 2.47 bits per heavy atom. The number of benzene rings is 1. The molecule has 5 nitrogen and oxygen atoms in total. The first-order chi connectivity index (χ1) is 14.2. The van der Waals surface area contributed by atoms with Gasteiger partial charge >= 0.3 is 0 Å². The van der Waals surface area contributed by atoms with E-state index in [2.05, 4.69) is 50.4 Å². The second kappa shape index (κ2) is 6.46. The van der Waals surface area contributed by atoms with Gasteiger partial charge in [0.15, 0.2) is 5.78 Å². The maximum atomic E-state index is 13.3. The summed E-state index contributed by atoms with van der Waals surface area (Å²) in [5.74, 6) is 2.55. The molecular weight excluding hydrogens is 374 g/mol. The second-order valence-corrected chi connectivity index (χ2v) is 9.43. The topological polar surface area (TPSA) is 60.1 Å². The van der Waals surface area contributed by atoms with Crippen LogP contribution in [0.25, 0.3) is 5.69 Å². The number of fused-ring (bicyclic) bond motifs is 1. The molecule has 1 aromatic carbocycles. The highest BCUT2D eigenvalue weighted by Crippen LogP contribution is 2.50. The summed E-state index contributed by atoms with van der Waals surface area (Å²) in [6.07, 6.45) is 1.37. The standard InChI is InChI=1S/C25H27N3O2/c1-14-6-9-17(10-7-14)28-24-21(16(3)27-28)23(20-11-8-15(2)30-20)22-18(26-24)12-25(4,5)13-19(22)29/h6-11,23,26H,12-13H2,1-5H3/t23-/m0/s1. The lowest BCUT2D eigenvalue weighted by atomic mass is 9.70. The SMILES string of the molecule is Cc1ccc(-n2nc(C)c3c2NC2=C(C(=O)CC(C)(C)C2)[C@H]3c2ccc(C)o2)cc1. The van der Waals surface area contributed by atoms with Gasteiger partial charge in [0.25, 0.3) is 0 Å². The van der Waals surface area contributed by atoms with Crippen molar-refractivity contribution in [2.24, 2.45) is 5.41 Å². The van der Waals surface area contributed by atoms with Crippen molar-refractivity contribution < 1.29 is 9.21 Å². The first-order valence-corrected chi connectivity index (χ1v) is 10.5. The zero-order chi connectivity index (χ0) is 21.2. The molecule has 0 bridgehead atoms. The van der Waals surface area contributed by atoms with Gasteiger partial charge in [-0.2, -0.15) is 5.10 Å². The average Bonchev–Trinajstić information content (AvgIpc) is 3.23. The van der Waals surface area contributed by atoms with Gasteiger partial charge in [-0.05, 0) is 56.9 Å². The predicted molar refractivity (Wildman–Crippen MR) is 117 cm³/mol. The summed E-state index contributed by atoms with van der Waals surface area (Å²) >= 11 is 0. The van der Waals surface area contributed by atoms with Crippen LogP contribution in [0.2, 0.25) is 0 Å². The number of hydrogen-bond donors (Lipinski definition) is 1. The second-order valence-electron chi connectivity index (χ2n) is 9.43. The molecule has 1 aliphatic carbocycles. The van der Waals surface area contributed by atoms with E-state index in [0.29, 0.717) is 6.42 Å². The third kappa shape index (κ3) is 2.92. The average molecular weight is 402 g/mol. The molecule has 0 saturated carbocycles. The quantitative estimate of drug-likeness (QED) is 0.608. The molecule has 0 spiro atoms. The summed E-state index contributed by atoms with van der Waals surface area (Å²) in [7, 11) is 0. The Balaban J connectivity index is 1.74. The van der Waals surface area contributed by atoms with Crippen LogP contribution in [0.4, 0.5) is 5.82 Å². The molecule has 1 atom stereocenters. The Morgan fingerprint density at radius 2 is 1.80 bits per heavy atom. The van der Waals surface area contributed by atoms with Crippen molar-refractivity contribution in [3.8, 4) is 5.69 Å². The number of allylic oxidation sites excluding steroid dienone is 2. The van der Waals surface area contributed by atoms with Crippen molar-refractivity contribution in [3.05, 3.63) is 76.0 Å². The number of nitrogens with zero attached hydrogens (tertiary/aromatic N) is 2. The van der Waals surface area contributed by atoms with Crippen molar-refractivity contribution in [1.29, 1.82) is 0 Å². The molecular formula is C25H27N3O2. The number of anilines is 1. The smallest absolute Gasteiger partial charge is 0.162 e. The number of ketones is 1. The number of carbonyl (C=O) groups excluding carboxylic acids is 1. The fraction of sp³-hybridized carbons (Fsp3) is 0.360. The largest absolute Gasteiger partial charge is 0.465 e. The zero-order valence-corrected chi connectivity index (χ0v) is 18.2. The van der Waals surface area contributed by atoms with Crippen LogP contribution in [0.3, 0.4) is 0 Å². The Hall–Kier alpha value is -3.08. The van der Waals surface area contributed by atoms with Gasteiger partial charge in [-0.15, -0.1) is 0 Å². The Bertz CT molecular complexity index is 1190. The van der Waals surface area contributed by atoms with Crippen LogP contribution in [0.5, 0.6) is 0 Å². The number of aryl methyl sites for hydroxylation is 3. The molecule has 1 N–H and O–H groups in total. The monoisotopic (exact) mass is 401 g/mol. The van der Waals surface area contributed by atoms with E-state index >= 15 is 0 Å². The maximum absolute atomic E-state index is 13.3. The number of aromatic nitrogens is 2. The van der Waals surface area contributed by atoms with Gasteiger partial charge in [-0.3, -0.25) is 4.79 Å². The maximum Gasteiger partial charge on any atom is 0.162 e. The first kappa shape index (κ1) is 18.9. The van der Waals surface area contributed by atoms with Crippen LogP contribution in [-0.2, 0) is 4.79 Å². The molecule has 3 aromatic rings. The summed E-state index contributed by atoms with van der Waals surface area (Å²) in [4.78, 5) is 13.3. The number of nitrogens with one attached hydrogen (secondary N) is 1. The number of Topliss-reactive ketones (excluding diaryl/α,β-unsaturated/α-hetero) is 1. The van der Waals surface area contributed by atoms with E-state index in [4.69, 9.17) is 9.52 Å². The van der Waals surface area contributed by atoms with E-state index < -0.39 is 0 Å². The molecule has 3 heterocycles. The molecule has 5 rings (SSSR count). The summed E-state index contributed by atoms with van der Waals surface area (Å²) in [6, 6.07) is 12.3. The van der Waals surface area contributed by atoms with E-state index in [1.807, 2.05) is 30.7 Å². The normalized spacial score (nSPS) is 20.0. The van der Waals surface area contributed by atoms with Gasteiger partial charge in [-0.25, -0.2) is 4.68 Å². The molecule has 30 heavy (non-hydrogen) atoms. The summed E-state index contributed by atoms with van der Waals surface area (Å²) in [5, 5.41) is 8.48. The molecule has 0 radical (unpaired) electrons. The molecule has 2 aromatic heterocycles. The van der Waals surface area contributed by atoms with Gasteiger partial charge < -0.3 is 9.73 Å². The van der Waals surface area contributed by atoms with E-state index in [1.54, 1.807) is 0 Å². The minimum absolute atomic E-state index is 0.0756. The fourth-order valence-corrected chi connectivity index (χ4v) is 4.84. The third-order valence-corrected chi connectivity index (χ3v) is 6.20. The van der Waals surface area contributed by atoms with Crippen molar-refractivity contribution in [2.45, 2.75) is 53.4 Å². The van der Waals surface area contributed by atoms with Gasteiger partial charge in [0.1, 0.15) is 17.3 Å². The van der Waals surface area contributed by atoms with Crippen LogP contribution in [0.15, 0.2) is 52.1 Å². The van der Waals surface area contributed by atoms with Crippen LogP contribution < -0.4 is 5.32 Å². The van der Waals surface area contributed by atoms with Crippen molar-refractivity contribution in [3.63, 3.8) is 0 Å². The molecule has 154 valence electrons. The number of rotatable bonds is 2. The van der Waals surface area contributed by atoms with Gasteiger partial charge in [0.05, 0.1) is 17.3 Å². The highest BCUT2D eigenvalue weighted by Gasteiger charge is 2.44. The van der Waals surface area contributed by atoms with Crippen molar-refractivity contribution in [2.75, 3.05) is 5.32 Å². The third-order valence-electron chi connectivity index (χ3n) is 6.20. The fourth-order valence-electron chi connectivity index (χ4n) is 4.84. The Labute approximate surface area is 176 Å². The predicted octanol–water partition coefficient (Wildman–Crippen LogP) is 5.59. The number of furan rings is 1. The zero-order valence-electron chi connectivity index (χ0n) is 18.2. The number of carbonyl (C=O) groups is 1. The molecule has 1 aliphatic heterocycles.